The summed E-state index contributed by atoms with van der Waals surface area (Å²) in [6.45, 7) is 1.05. The summed E-state index contributed by atoms with van der Waals surface area (Å²) in [6.07, 6.45) is -2.39. The fourth-order valence-electron chi connectivity index (χ4n) is 3.00. The van der Waals surface area contributed by atoms with Gasteiger partial charge in [-0.1, -0.05) is 6.07 Å². The molecule has 2 heterocycles. The molecule has 0 aliphatic carbocycles. The number of ether oxygens (including phenoxy) is 3. The fraction of sp³-hybridized carbons (Fsp3) is 0.562. The first kappa shape index (κ1) is 16.3. The molecule has 0 radical (unpaired) electrons. The summed E-state index contributed by atoms with van der Waals surface area (Å²) < 4.78 is 54.9. The van der Waals surface area contributed by atoms with Gasteiger partial charge in [0.1, 0.15) is 0 Å². The van der Waals surface area contributed by atoms with Gasteiger partial charge in [0, 0.05) is 6.42 Å². The van der Waals surface area contributed by atoms with Gasteiger partial charge in [0.15, 0.2) is 6.10 Å². The van der Waals surface area contributed by atoms with Gasteiger partial charge in [0.05, 0.1) is 24.3 Å². The van der Waals surface area contributed by atoms with Crippen LogP contribution in [-0.4, -0.2) is 31.1 Å². The molecule has 2 aliphatic rings. The summed E-state index contributed by atoms with van der Waals surface area (Å²) in [5.74, 6) is -1.73. The van der Waals surface area contributed by atoms with Crippen LogP contribution < -0.4 is 0 Å². The van der Waals surface area contributed by atoms with Crippen molar-refractivity contribution in [2.45, 2.75) is 43.8 Å². The zero-order valence-corrected chi connectivity index (χ0v) is 12.4. The molecule has 1 aromatic rings. The highest BCUT2D eigenvalue weighted by atomic mass is 19.4. The largest absolute Gasteiger partial charge is 0.453 e. The lowest BCUT2D eigenvalue weighted by Crippen LogP contribution is -2.50. The zero-order valence-electron chi connectivity index (χ0n) is 12.4. The summed E-state index contributed by atoms with van der Waals surface area (Å²) in [5.41, 5.74) is -1.00. The van der Waals surface area contributed by atoms with E-state index in [0.29, 0.717) is 32.5 Å². The van der Waals surface area contributed by atoms with Crippen molar-refractivity contribution >= 4 is 5.97 Å². The third-order valence-corrected chi connectivity index (χ3v) is 4.14. The predicted octanol–water partition coefficient (Wildman–Crippen LogP) is 3.55. The van der Waals surface area contributed by atoms with Crippen LogP contribution in [0.5, 0.6) is 0 Å². The van der Waals surface area contributed by atoms with E-state index in [1.807, 2.05) is 0 Å². The van der Waals surface area contributed by atoms with Gasteiger partial charge in [-0.05, 0) is 37.5 Å². The first-order valence-corrected chi connectivity index (χ1v) is 7.57. The van der Waals surface area contributed by atoms with Crippen molar-refractivity contribution in [3.05, 3.63) is 35.4 Å². The van der Waals surface area contributed by atoms with Gasteiger partial charge in [-0.25, -0.2) is 4.79 Å². The normalized spacial score (nSPS) is 28.0. The molecule has 0 N–H and O–H groups in total. The van der Waals surface area contributed by atoms with Gasteiger partial charge < -0.3 is 14.2 Å². The summed E-state index contributed by atoms with van der Waals surface area (Å²) in [7, 11) is 0. The highest BCUT2D eigenvalue weighted by Gasteiger charge is 2.48. The van der Waals surface area contributed by atoms with E-state index >= 15 is 0 Å². The second kappa shape index (κ2) is 6.13. The van der Waals surface area contributed by atoms with Crippen LogP contribution in [0.2, 0.25) is 0 Å². The first-order valence-electron chi connectivity index (χ1n) is 7.57. The molecule has 3 rings (SSSR count). The van der Waals surface area contributed by atoms with Crippen molar-refractivity contribution in [1.82, 2.24) is 0 Å². The average molecular weight is 330 g/mol. The predicted molar refractivity (Wildman–Crippen MR) is 73.8 cm³/mol. The molecule has 2 saturated heterocycles. The van der Waals surface area contributed by atoms with Crippen molar-refractivity contribution in [3.8, 4) is 0 Å². The lowest BCUT2D eigenvalue weighted by Gasteiger charge is -2.39. The highest BCUT2D eigenvalue weighted by molar-refractivity contribution is 5.89. The minimum absolute atomic E-state index is 0.126. The summed E-state index contributed by atoms with van der Waals surface area (Å²) >= 11 is 0. The van der Waals surface area contributed by atoms with Crippen LogP contribution in [0, 0.1) is 0 Å². The van der Waals surface area contributed by atoms with Gasteiger partial charge in [-0.2, -0.15) is 13.2 Å². The van der Waals surface area contributed by atoms with Crippen molar-refractivity contribution < 1.29 is 32.2 Å². The Labute approximate surface area is 131 Å². The monoisotopic (exact) mass is 330 g/mol. The maximum atomic E-state index is 12.7. The van der Waals surface area contributed by atoms with Gasteiger partial charge in [-0.3, -0.25) is 0 Å². The first-order chi connectivity index (χ1) is 10.9. The van der Waals surface area contributed by atoms with E-state index in [9.17, 15) is 18.0 Å². The number of esters is 1. The number of carbonyl (C=O) groups excluding carboxylic acids is 1. The van der Waals surface area contributed by atoms with E-state index in [1.165, 1.54) is 12.1 Å². The van der Waals surface area contributed by atoms with Crippen molar-refractivity contribution in [2.75, 3.05) is 13.2 Å². The molecule has 2 atom stereocenters. The topological polar surface area (TPSA) is 44.8 Å². The molecule has 7 heteroatoms. The number of hydrogen-bond donors (Lipinski definition) is 0. The lowest BCUT2D eigenvalue weighted by atomic mass is 9.98. The fourth-order valence-corrected chi connectivity index (χ4v) is 3.00. The molecule has 1 aromatic carbocycles. The van der Waals surface area contributed by atoms with E-state index in [2.05, 4.69) is 0 Å². The molecule has 1 spiro atoms. The Bertz CT molecular complexity index is 579. The Morgan fingerprint density at radius 3 is 2.65 bits per heavy atom. The Morgan fingerprint density at radius 1 is 1.22 bits per heavy atom. The number of rotatable bonds is 2. The standard InChI is InChI=1S/C16H17F3O4/c17-16(18,19)12-5-1-4-11(10-12)14(20)23-13-6-2-8-21-15(13)7-3-9-22-15/h1,4-5,10,13H,2-3,6-9H2. The molecule has 2 unspecified atom stereocenters. The molecule has 0 aromatic heterocycles. The van der Waals surface area contributed by atoms with E-state index in [0.717, 1.165) is 18.6 Å². The lowest BCUT2D eigenvalue weighted by molar-refractivity contribution is -0.277. The second-order valence-corrected chi connectivity index (χ2v) is 5.73. The highest BCUT2D eigenvalue weighted by Crippen LogP contribution is 2.38. The Balaban J connectivity index is 1.76. The van der Waals surface area contributed by atoms with E-state index in [1.54, 1.807) is 0 Å². The molecule has 0 amide bonds. The minimum atomic E-state index is -4.50. The number of halogens is 3. The smallest absolute Gasteiger partial charge is 0.416 e. The number of hydrogen-bond acceptors (Lipinski definition) is 4. The second-order valence-electron chi connectivity index (χ2n) is 5.73. The van der Waals surface area contributed by atoms with Crippen LogP contribution >= 0.6 is 0 Å². The van der Waals surface area contributed by atoms with Crippen molar-refractivity contribution in [3.63, 3.8) is 0 Å². The Kier molecular flexibility index (Phi) is 4.33. The quantitative estimate of drug-likeness (QED) is 0.778. The summed E-state index contributed by atoms with van der Waals surface area (Å²) in [5, 5.41) is 0. The van der Waals surface area contributed by atoms with Crippen molar-refractivity contribution in [2.24, 2.45) is 0 Å². The van der Waals surface area contributed by atoms with Crippen LogP contribution in [0.1, 0.15) is 41.6 Å². The maximum absolute atomic E-state index is 12.7. The minimum Gasteiger partial charge on any atom is -0.453 e. The zero-order chi connectivity index (χ0) is 16.5. The van der Waals surface area contributed by atoms with E-state index in [-0.39, 0.29) is 5.56 Å². The van der Waals surface area contributed by atoms with Gasteiger partial charge in [0.25, 0.3) is 0 Å². The van der Waals surface area contributed by atoms with Gasteiger partial charge >= 0.3 is 12.1 Å². The maximum Gasteiger partial charge on any atom is 0.416 e. The van der Waals surface area contributed by atoms with E-state index < -0.39 is 29.6 Å². The van der Waals surface area contributed by atoms with Crippen LogP contribution in [-0.2, 0) is 20.4 Å². The molecule has 2 fully saturated rings. The third kappa shape index (κ3) is 3.35. The summed E-state index contributed by atoms with van der Waals surface area (Å²) in [6, 6.07) is 4.22. The van der Waals surface area contributed by atoms with Gasteiger partial charge in [-0.15, -0.1) is 0 Å². The average Bonchev–Trinajstić information content (AvgIpc) is 2.98. The molecule has 126 valence electrons. The van der Waals surface area contributed by atoms with Crippen LogP contribution in [0.3, 0.4) is 0 Å². The number of benzene rings is 1. The number of carbonyl (C=O) groups is 1. The Morgan fingerprint density at radius 2 is 1.96 bits per heavy atom. The number of alkyl halides is 3. The van der Waals surface area contributed by atoms with Gasteiger partial charge in [0.2, 0.25) is 5.79 Å². The van der Waals surface area contributed by atoms with Crippen molar-refractivity contribution in [1.29, 1.82) is 0 Å². The van der Waals surface area contributed by atoms with E-state index in [4.69, 9.17) is 14.2 Å². The molecule has 23 heavy (non-hydrogen) atoms. The van der Waals surface area contributed by atoms with Crippen LogP contribution in [0.4, 0.5) is 13.2 Å². The van der Waals surface area contributed by atoms with Crippen LogP contribution in [0.15, 0.2) is 24.3 Å². The van der Waals surface area contributed by atoms with Crippen LogP contribution in [0.25, 0.3) is 0 Å². The Hall–Kier alpha value is -1.60. The SMILES string of the molecule is O=C(OC1CCCOC12CCCO2)c1cccc(C(F)(F)F)c1. The molecule has 0 bridgehead atoms. The third-order valence-electron chi connectivity index (χ3n) is 4.14. The molecule has 2 aliphatic heterocycles. The molecular weight excluding hydrogens is 313 g/mol. The summed E-state index contributed by atoms with van der Waals surface area (Å²) in [4.78, 5) is 12.2. The molecule has 0 saturated carbocycles. The molecular formula is C16H17F3O4. The molecule has 4 nitrogen and oxygen atoms in total.